The Labute approximate surface area is 216 Å². The molecule has 1 fully saturated rings. The van der Waals surface area contributed by atoms with E-state index in [9.17, 15) is 17.6 Å². The first-order valence-corrected chi connectivity index (χ1v) is 14.6. The van der Waals surface area contributed by atoms with Crippen molar-refractivity contribution in [2.75, 3.05) is 37.6 Å². The van der Waals surface area contributed by atoms with Crippen LogP contribution in [0.3, 0.4) is 0 Å². The van der Waals surface area contributed by atoms with Crippen molar-refractivity contribution in [3.8, 4) is 0 Å². The molecule has 194 valence electrons. The molecule has 0 radical (unpaired) electrons. The lowest BCUT2D eigenvalue weighted by Gasteiger charge is -2.30. The number of carbonyl (C=O) groups is 1. The highest BCUT2D eigenvalue weighted by Crippen LogP contribution is 2.34. The van der Waals surface area contributed by atoms with Gasteiger partial charge in [0.25, 0.3) is 0 Å². The average Bonchev–Trinajstić information content (AvgIpc) is 3.50. The van der Waals surface area contributed by atoms with E-state index in [0.717, 1.165) is 46.6 Å². The Morgan fingerprint density at radius 3 is 2.50 bits per heavy atom. The summed E-state index contributed by atoms with van der Waals surface area (Å²) in [7, 11) is -3.95. The molecule has 0 N–H and O–H groups in total. The van der Waals surface area contributed by atoms with E-state index in [1.807, 2.05) is 13.8 Å². The van der Waals surface area contributed by atoms with Gasteiger partial charge in [-0.3, -0.25) is 9.69 Å². The number of rotatable bonds is 9. The third-order valence-corrected chi connectivity index (χ3v) is 9.71. The molecule has 2 heterocycles. The summed E-state index contributed by atoms with van der Waals surface area (Å²) in [4.78, 5) is 22.7. The van der Waals surface area contributed by atoms with Gasteiger partial charge in [-0.15, -0.1) is 0 Å². The molecule has 1 saturated heterocycles. The number of carbonyl (C=O) groups excluding carboxylic acids is 1. The molecule has 2 aromatic carbocycles. The lowest BCUT2D eigenvalue weighted by Crippen LogP contribution is -2.49. The summed E-state index contributed by atoms with van der Waals surface area (Å²) in [6, 6.07) is 8.07. The smallest absolute Gasteiger partial charge is 0.247 e. The number of hydrogen-bond acceptors (Lipinski definition) is 6. The van der Waals surface area contributed by atoms with E-state index < -0.39 is 21.9 Å². The number of anilines is 1. The van der Waals surface area contributed by atoms with Gasteiger partial charge < -0.3 is 4.90 Å². The van der Waals surface area contributed by atoms with Gasteiger partial charge in [-0.05, 0) is 81.2 Å². The summed E-state index contributed by atoms with van der Waals surface area (Å²) in [6.45, 7) is 11.2. The van der Waals surface area contributed by atoms with Crippen molar-refractivity contribution in [1.82, 2.24) is 14.2 Å². The van der Waals surface area contributed by atoms with Gasteiger partial charge in [0, 0.05) is 19.6 Å². The zero-order valence-electron chi connectivity index (χ0n) is 21.2. The first-order chi connectivity index (χ1) is 17.1. The molecule has 36 heavy (non-hydrogen) atoms. The van der Waals surface area contributed by atoms with E-state index in [2.05, 4.69) is 30.9 Å². The number of fused-ring (bicyclic) bond motifs is 1. The van der Waals surface area contributed by atoms with E-state index in [1.165, 1.54) is 27.8 Å². The highest BCUT2D eigenvalue weighted by atomic mass is 32.2. The number of likely N-dealkylation sites (N-methyl/N-ethyl adjacent to an activating group) is 1. The molecule has 0 spiro atoms. The Bertz CT molecular complexity index is 1340. The number of aryl methyl sites for hydroxylation is 2. The SMILES string of the molecule is CCN(CC)CCN(C(=O)C1CCCN1S(=O)(=O)c1ccc(F)cc1)c1nc2c(C)cc(C)cc2s1. The van der Waals surface area contributed by atoms with Gasteiger partial charge in [0.2, 0.25) is 15.9 Å². The molecule has 0 bridgehead atoms. The minimum Gasteiger partial charge on any atom is -0.302 e. The van der Waals surface area contributed by atoms with Crippen molar-refractivity contribution in [3.05, 3.63) is 53.3 Å². The molecule has 10 heteroatoms. The Morgan fingerprint density at radius 1 is 1.14 bits per heavy atom. The van der Waals surface area contributed by atoms with E-state index in [4.69, 9.17) is 4.98 Å². The Kier molecular flexibility index (Phi) is 8.09. The fourth-order valence-corrected chi connectivity index (χ4v) is 7.58. The number of thiazole rings is 1. The quantitative estimate of drug-likeness (QED) is 0.403. The number of sulfonamides is 1. The predicted molar refractivity (Wildman–Crippen MR) is 143 cm³/mol. The Morgan fingerprint density at radius 2 is 1.83 bits per heavy atom. The first kappa shape index (κ1) is 26.7. The Balaban J connectivity index is 1.69. The average molecular weight is 533 g/mol. The van der Waals surface area contributed by atoms with Crippen LogP contribution in [0.25, 0.3) is 10.2 Å². The molecule has 4 rings (SSSR count). The molecule has 1 amide bonds. The first-order valence-electron chi connectivity index (χ1n) is 12.3. The number of amides is 1. The van der Waals surface area contributed by atoms with Crippen LogP contribution in [0, 0.1) is 19.7 Å². The lowest BCUT2D eigenvalue weighted by atomic mass is 10.1. The van der Waals surface area contributed by atoms with Gasteiger partial charge in [-0.1, -0.05) is 31.3 Å². The zero-order chi connectivity index (χ0) is 26.0. The van der Waals surface area contributed by atoms with E-state index in [-0.39, 0.29) is 17.3 Å². The molecule has 3 aromatic rings. The summed E-state index contributed by atoms with van der Waals surface area (Å²) in [5, 5.41) is 0.585. The molecule has 7 nitrogen and oxygen atoms in total. The molecule has 1 aliphatic heterocycles. The summed E-state index contributed by atoms with van der Waals surface area (Å²) < 4.78 is 42.5. The van der Waals surface area contributed by atoms with Crippen LogP contribution in [0.1, 0.15) is 37.8 Å². The molecule has 0 saturated carbocycles. The van der Waals surface area contributed by atoms with E-state index in [0.29, 0.717) is 31.1 Å². The second-order valence-electron chi connectivity index (χ2n) is 9.17. The molecule has 1 atom stereocenters. The second-order valence-corrected chi connectivity index (χ2v) is 12.1. The maximum atomic E-state index is 14.0. The normalized spacial score (nSPS) is 16.8. The van der Waals surface area contributed by atoms with Gasteiger partial charge in [0.05, 0.1) is 15.1 Å². The highest BCUT2D eigenvalue weighted by molar-refractivity contribution is 7.89. The summed E-state index contributed by atoms with van der Waals surface area (Å²) in [5.41, 5.74) is 3.04. The fourth-order valence-electron chi connectivity index (χ4n) is 4.75. The topological polar surface area (TPSA) is 73.8 Å². The van der Waals surface area contributed by atoms with Crippen LogP contribution in [-0.2, 0) is 14.8 Å². The fraction of sp³-hybridized carbons (Fsp3) is 0.462. The van der Waals surface area contributed by atoms with Crippen molar-refractivity contribution >= 4 is 42.6 Å². The maximum absolute atomic E-state index is 14.0. The van der Waals surface area contributed by atoms with Crippen molar-refractivity contribution in [2.24, 2.45) is 0 Å². The number of benzene rings is 2. The Hall–Kier alpha value is -2.40. The number of nitrogens with zero attached hydrogens (tertiary/aromatic N) is 4. The van der Waals surface area contributed by atoms with Gasteiger partial charge in [0.15, 0.2) is 5.13 Å². The number of hydrogen-bond donors (Lipinski definition) is 0. The van der Waals surface area contributed by atoms with Crippen molar-refractivity contribution in [1.29, 1.82) is 0 Å². The van der Waals surface area contributed by atoms with Gasteiger partial charge in [-0.25, -0.2) is 17.8 Å². The van der Waals surface area contributed by atoms with Crippen LogP contribution < -0.4 is 4.90 Å². The minimum atomic E-state index is -3.95. The molecule has 1 unspecified atom stereocenters. The van der Waals surface area contributed by atoms with Crippen molar-refractivity contribution in [2.45, 2.75) is 51.5 Å². The minimum absolute atomic E-state index is 0.00984. The number of halogens is 1. The van der Waals surface area contributed by atoms with Crippen LogP contribution in [0.5, 0.6) is 0 Å². The van der Waals surface area contributed by atoms with Crippen LogP contribution in [0.15, 0.2) is 41.3 Å². The zero-order valence-corrected chi connectivity index (χ0v) is 22.8. The highest BCUT2D eigenvalue weighted by Gasteiger charge is 2.42. The van der Waals surface area contributed by atoms with E-state index >= 15 is 0 Å². The summed E-state index contributed by atoms with van der Waals surface area (Å²) in [5.74, 6) is -0.772. The predicted octanol–water partition coefficient (Wildman–Crippen LogP) is 4.58. The maximum Gasteiger partial charge on any atom is 0.247 e. The van der Waals surface area contributed by atoms with Crippen LogP contribution >= 0.6 is 11.3 Å². The van der Waals surface area contributed by atoms with Crippen LogP contribution in [0.4, 0.5) is 9.52 Å². The molecule has 1 aliphatic rings. The largest absolute Gasteiger partial charge is 0.302 e. The monoisotopic (exact) mass is 532 g/mol. The van der Waals surface area contributed by atoms with Crippen LogP contribution in [-0.4, -0.2) is 67.3 Å². The second kappa shape index (κ2) is 10.9. The summed E-state index contributed by atoms with van der Waals surface area (Å²) >= 11 is 1.46. The van der Waals surface area contributed by atoms with Crippen molar-refractivity contribution in [3.63, 3.8) is 0 Å². The van der Waals surface area contributed by atoms with Gasteiger partial charge in [0.1, 0.15) is 11.9 Å². The van der Waals surface area contributed by atoms with E-state index in [1.54, 1.807) is 4.90 Å². The number of aromatic nitrogens is 1. The molecule has 1 aromatic heterocycles. The molecule has 0 aliphatic carbocycles. The summed E-state index contributed by atoms with van der Waals surface area (Å²) in [6.07, 6.45) is 1.02. The van der Waals surface area contributed by atoms with Gasteiger partial charge >= 0.3 is 0 Å². The van der Waals surface area contributed by atoms with Gasteiger partial charge in [-0.2, -0.15) is 4.31 Å². The van der Waals surface area contributed by atoms with Crippen LogP contribution in [0.2, 0.25) is 0 Å². The lowest BCUT2D eigenvalue weighted by molar-refractivity contribution is -0.121. The van der Waals surface area contributed by atoms with Crippen molar-refractivity contribution < 1.29 is 17.6 Å². The standard InChI is InChI=1S/C26H33FN4O3S2/c1-5-29(6-2)14-15-30(26-28-24-19(4)16-18(3)17-23(24)35-26)25(32)22-8-7-13-31(22)36(33,34)21-11-9-20(27)10-12-21/h9-12,16-17,22H,5-8,13-15H2,1-4H3. The molecular weight excluding hydrogens is 499 g/mol. The third-order valence-electron chi connectivity index (χ3n) is 6.76. The third kappa shape index (κ3) is 5.32. The molecular formula is C26H33FN4O3S2.